The van der Waals surface area contributed by atoms with Crippen molar-refractivity contribution in [3.63, 3.8) is 0 Å². The molecular formula is C18H24N2S. The van der Waals surface area contributed by atoms with Crippen LogP contribution >= 0.6 is 11.3 Å². The predicted octanol–water partition coefficient (Wildman–Crippen LogP) is 3.83. The highest BCUT2D eigenvalue weighted by Crippen LogP contribution is 2.34. The number of thiazole rings is 1. The lowest BCUT2D eigenvalue weighted by Crippen LogP contribution is -2.58. The Bertz CT molecular complexity index is 615. The van der Waals surface area contributed by atoms with Crippen LogP contribution in [0.4, 0.5) is 0 Å². The third-order valence-corrected chi connectivity index (χ3v) is 5.25. The second kappa shape index (κ2) is 5.22. The average Bonchev–Trinajstić information content (AvgIpc) is 2.83. The molecule has 3 rings (SSSR count). The van der Waals surface area contributed by atoms with Gasteiger partial charge in [0.25, 0.3) is 0 Å². The number of aryl methyl sites for hydroxylation is 1. The van der Waals surface area contributed by atoms with E-state index in [0.29, 0.717) is 0 Å². The Balaban J connectivity index is 1.84. The van der Waals surface area contributed by atoms with E-state index in [1.54, 1.807) is 0 Å². The van der Waals surface area contributed by atoms with E-state index in [-0.39, 0.29) is 10.8 Å². The SMILES string of the molecule is Cc1ccc(C2(Cc3nc(C(C)(C)C)cs3)CNC2)cc1. The smallest absolute Gasteiger partial charge is 0.0938 e. The van der Waals surface area contributed by atoms with Gasteiger partial charge in [-0.15, -0.1) is 11.3 Å². The fourth-order valence-corrected chi connectivity index (χ4v) is 3.96. The standard InChI is InChI=1S/C18H24N2S/c1-13-5-7-14(8-6-13)18(11-19-12-18)9-16-20-15(10-21-16)17(2,3)4/h5-8,10,19H,9,11-12H2,1-4H3. The third-order valence-electron chi connectivity index (χ3n) is 4.40. The van der Waals surface area contributed by atoms with E-state index in [2.05, 4.69) is 62.7 Å². The van der Waals surface area contributed by atoms with Crippen molar-refractivity contribution in [1.82, 2.24) is 10.3 Å². The summed E-state index contributed by atoms with van der Waals surface area (Å²) in [7, 11) is 0. The van der Waals surface area contributed by atoms with Crippen LogP contribution < -0.4 is 5.32 Å². The van der Waals surface area contributed by atoms with E-state index in [0.717, 1.165) is 19.5 Å². The highest BCUT2D eigenvalue weighted by Gasteiger charge is 2.39. The summed E-state index contributed by atoms with van der Waals surface area (Å²) in [5, 5.41) is 6.94. The Labute approximate surface area is 131 Å². The Kier molecular flexibility index (Phi) is 3.66. The van der Waals surface area contributed by atoms with E-state index in [1.165, 1.54) is 21.8 Å². The van der Waals surface area contributed by atoms with Crippen molar-refractivity contribution in [2.75, 3.05) is 13.1 Å². The van der Waals surface area contributed by atoms with Crippen LogP contribution in [0, 0.1) is 6.92 Å². The molecule has 0 bridgehead atoms. The van der Waals surface area contributed by atoms with E-state index < -0.39 is 0 Å². The van der Waals surface area contributed by atoms with E-state index >= 15 is 0 Å². The number of benzene rings is 1. The molecule has 2 aromatic rings. The lowest BCUT2D eigenvalue weighted by molar-refractivity contribution is 0.274. The van der Waals surface area contributed by atoms with Crippen molar-refractivity contribution in [3.05, 3.63) is 51.5 Å². The van der Waals surface area contributed by atoms with Crippen LogP contribution in [-0.2, 0) is 17.3 Å². The topological polar surface area (TPSA) is 24.9 Å². The van der Waals surface area contributed by atoms with Crippen molar-refractivity contribution in [2.45, 2.75) is 44.9 Å². The van der Waals surface area contributed by atoms with Gasteiger partial charge >= 0.3 is 0 Å². The van der Waals surface area contributed by atoms with Crippen LogP contribution in [0.2, 0.25) is 0 Å². The van der Waals surface area contributed by atoms with Crippen LogP contribution in [0.5, 0.6) is 0 Å². The molecule has 2 heterocycles. The number of nitrogens with zero attached hydrogens (tertiary/aromatic N) is 1. The van der Waals surface area contributed by atoms with Gasteiger partial charge in [0, 0.05) is 35.7 Å². The minimum absolute atomic E-state index is 0.142. The summed E-state index contributed by atoms with van der Waals surface area (Å²) in [4.78, 5) is 4.88. The molecule has 0 amide bonds. The third kappa shape index (κ3) is 2.90. The molecule has 1 aliphatic rings. The second-order valence-electron chi connectivity index (χ2n) is 7.30. The first-order valence-electron chi connectivity index (χ1n) is 7.62. The Morgan fingerprint density at radius 2 is 1.86 bits per heavy atom. The number of hydrogen-bond acceptors (Lipinski definition) is 3. The molecular weight excluding hydrogens is 276 g/mol. The first-order valence-corrected chi connectivity index (χ1v) is 8.50. The normalized spacial score (nSPS) is 17.5. The van der Waals surface area contributed by atoms with Gasteiger partial charge < -0.3 is 5.32 Å². The molecule has 21 heavy (non-hydrogen) atoms. The maximum Gasteiger partial charge on any atom is 0.0938 e. The molecule has 0 spiro atoms. The number of aromatic nitrogens is 1. The summed E-state index contributed by atoms with van der Waals surface area (Å²) >= 11 is 1.81. The quantitative estimate of drug-likeness (QED) is 0.932. The van der Waals surface area contributed by atoms with Crippen molar-refractivity contribution in [1.29, 1.82) is 0 Å². The molecule has 2 nitrogen and oxygen atoms in total. The van der Waals surface area contributed by atoms with E-state index in [4.69, 9.17) is 4.98 Å². The minimum Gasteiger partial charge on any atom is -0.315 e. The van der Waals surface area contributed by atoms with Gasteiger partial charge in [-0.1, -0.05) is 50.6 Å². The maximum atomic E-state index is 4.88. The van der Waals surface area contributed by atoms with Crippen molar-refractivity contribution >= 4 is 11.3 Å². The van der Waals surface area contributed by atoms with Crippen molar-refractivity contribution < 1.29 is 0 Å². The fourth-order valence-electron chi connectivity index (χ4n) is 2.79. The highest BCUT2D eigenvalue weighted by atomic mass is 32.1. The van der Waals surface area contributed by atoms with Gasteiger partial charge in [-0.3, -0.25) is 0 Å². The molecule has 0 radical (unpaired) electrons. The second-order valence-corrected chi connectivity index (χ2v) is 8.25. The summed E-state index contributed by atoms with van der Waals surface area (Å²) in [6.07, 6.45) is 1.05. The molecule has 0 unspecified atom stereocenters. The Morgan fingerprint density at radius 1 is 1.19 bits per heavy atom. The van der Waals surface area contributed by atoms with Gasteiger partial charge in [0.2, 0.25) is 0 Å². The zero-order valence-corrected chi connectivity index (χ0v) is 14.2. The molecule has 0 saturated carbocycles. The summed E-state index contributed by atoms with van der Waals surface area (Å²) in [6, 6.07) is 9.01. The molecule has 112 valence electrons. The molecule has 1 aliphatic heterocycles. The molecule has 0 atom stereocenters. The summed E-state index contributed by atoms with van der Waals surface area (Å²) < 4.78 is 0. The van der Waals surface area contributed by atoms with Gasteiger partial charge in [0.15, 0.2) is 0 Å². The van der Waals surface area contributed by atoms with E-state index in [1.807, 2.05) is 11.3 Å². The lowest BCUT2D eigenvalue weighted by atomic mass is 9.72. The molecule has 1 saturated heterocycles. The van der Waals surface area contributed by atoms with Gasteiger partial charge in [-0.05, 0) is 12.5 Å². The largest absolute Gasteiger partial charge is 0.315 e. The van der Waals surface area contributed by atoms with Crippen LogP contribution in [0.15, 0.2) is 29.6 Å². The molecule has 1 N–H and O–H groups in total. The molecule has 1 aromatic carbocycles. The molecule has 3 heteroatoms. The van der Waals surface area contributed by atoms with Gasteiger partial charge in [-0.25, -0.2) is 4.98 Å². The lowest BCUT2D eigenvalue weighted by Gasteiger charge is -2.43. The predicted molar refractivity (Wildman–Crippen MR) is 90.2 cm³/mol. The fraction of sp³-hybridized carbons (Fsp3) is 0.500. The monoisotopic (exact) mass is 300 g/mol. The highest BCUT2D eigenvalue weighted by molar-refractivity contribution is 7.09. The summed E-state index contributed by atoms with van der Waals surface area (Å²) in [6.45, 7) is 10.9. The Hall–Kier alpha value is -1.19. The van der Waals surface area contributed by atoms with Crippen LogP contribution in [0.25, 0.3) is 0 Å². The molecule has 1 fully saturated rings. The first kappa shape index (κ1) is 14.7. The number of rotatable bonds is 3. The molecule has 0 aliphatic carbocycles. The van der Waals surface area contributed by atoms with Gasteiger partial charge in [0.1, 0.15) is 0 Å². The zero-order valence-electron chi connectivity index (χ0n) is 13.4. The van der Waals surface area contributed by atoms with Gasteiger partial charge in [-0.2, -0.15) is 0 Å². The van der Waals surface area contributed by atoms with Crippen LogP contribution in [0.1, 0.15) is 42.6 Å². The Morgan fingerprint density at radius 3 is 2.33 bits per heavy atom. The van der Waals surface area contributed by atoms with E-state index in [9.17, 15) is 0 Å². The van der Waals surface area contributed by atoms with Gasteiger partial charge in [0.05, 0.1) is 10.7 Å². The van der Waals surface area contributed by atoms with Crippen molar-refractivity contribution in [3.8, 4) is 0 Å². The molecule has 1 aromatic heterocycles. The number of nitrogens with one attached hydrogen (secondary N) is 1. The maximum absolute atomic E-state index is 4.88. The summed E-state index contributed by atoms with van der Waals surface area (Å²) in [5.74, 6) is 0. The van der Waals surface area contributed by atoms with Crippen LogP contribution in [-0.4, -0.2) is 18.1 Å². The average molecular weight is 300 g/mol. The number of hydrogen-bond donors (Lipinski definition) is 1. The van der Waals surface area contributed by atoms with Crippen molar-refractivity contribution in [2.24, 2.45) is 0 Å². The zero-order chi connectivity index (χ0) is 15.1. The minimum atomic E-state index is 0.142. The summed E-state index contributed by atoms with van der Waals surface area (Å²) in [5.41, 5.74) is 4.36. The van der Waals surface area contributed by atoms with Crippen LogP contribution in [0.3, 0.4) is 0 Å². The first-order chi connectivity index (χ1) is 9.89.